The highest BCUT2D eigenvalue weighted by Crippen LogP contribution is 2.20. The first kappa shape index (κ1) is 17.7. The van der Waals surface area contributed by atoms with Gasteiger partial charge in [0, 0.05) is 13.1 Å². The molecule has 3 rings (SSSR count). The second kappa shape index (κ2) is 8.30. The quantitative estimate of drug-likeness (QED) is 0.879. The number of piperidine rings is 1. The van der Waals surface area contributed by atoms with Crippen molar-refractivity contribution < 1.29 is 4.79 Å². The second-order valence-electron chi connectivity index (χ2n) is 6.82. The maximum absolute atomic E-state index is 13.0. The number of carbonyl (C=O) groups excluding carboxylic acids is 1. The number of hydrogen-bond donors (Lipinski definition) is 1. The Labute approximate surface area is 150 Å². The lowest BCUT2D eigenvalue weighted by Gasteiger charge is -2.32. The summed E-state index contributed by atoms with van der Waals surface area (Å²) >= 11 is 0. The van der Waals surface area contributed by atoms with Crippen LogP contribution in [0.2, 0.25) is 0 Å². The molecule has 2 aromatic rings. The van der Waals surface area contributed by atoms with Crippen molar-refractivity contribution in [2.45, 2.75) is 32.7 Å². The van der Waals surface area contributed by atoms with Crippen LogP contribution in [-0.2, 0) is 13.0 Å². The molecule has 5 heteroatoms. The lowest BCUT2D eigenvalue weighted by atomic mass is 9.97. The van der Waals surface area contributed by atoms with Gasteiger partial charge in [-0.05, 0) is 44.3 Å². The average molecular weight is 340 g/mol. The Morgan fingerprint density at radius 1 is 1.32 bits per heavy atom. The van der Waals surface area contributed by atoms with Crippen LogP contribution in [0.5, 0.6) is 0 Å². The van der Waals surface area contributed by atoms with E-state index in [-0.39, 0.29) is 5.91 Å². The van der Waals surface area contributed by atoms with Gasteiger partial charge in [-0.1, -0.05) is 37.3 Å². The van der Waals surface area contributed by atoms with Crippen molar-refractivity contribution in [3.8, 4) is 0 Å². The van der Waals surface area contributed by atoms with E-state index in [2.05, 4.69) is 29.5 Å². The van der Waals surface area contributed by atoms with Gasteiger partial charge in [0.1, 0.15) is 0 Å². The van der Waals surface area contributed by atoms with E-state index < -0.39 is 0 Å². The molecule has 1 atom stereocenters. The molecule has 1 N–H and O–H groups in total. The Morgan fingerprint density at radius 2 is 2.12 bits per heavy atom. The molecule has 25 heavy (non-hydrogen) atoms. The van der Waals surface area contributed by atoms with Gasteiger partial charge in [0.15, 0.2) is 0 Å². The van der Waals surface area contributed by atoms with E-state index in [1.165, 1.54) is 12.0 Å². The summed E-state index contributed by atoms with van der Waals surface area (Å²) in [6.45, 7) is 5.46. The molecule has 0 spiro atoms. The molecule has 5 nitrogen and oxygen atoms in total. The van der Waals surface area contributed by atoms with Gasteiger partial charge in [0.25, 0.3) is 5.91 Å². The molecule has 1 aromatic carbocycles. The number of rotatable bonds is 6. The Kier molecular flexibility index (Phi) is 5.87. The van der Waals surface area contributed by atoms with Gasteiger partial charge in [-0.25, -0.2) is 0 Å². The molecular formula is C20H28N4O. The maximum Gasteiger partial charge on any atom is 0.257 e. The van der Waals surface area contributed by atoms with Gasteiger partial charge in [0.05, 0.1) is 24.0 Å². The Balaban J connectivity index is 1.76. The zero-order chi connectivity index (χ0) is 17.6. The second-order valence-corrected chi connectivity index (χ2v) is 6.82. The molecule has 1 aromatic heterocycles. The van der Waals surface area contributed by atoms with Crippen molar-refractivity contribution in [3.05, 3.63) is 53.3 Å². The monoisotopic (exact) mass is 340 g/mol. The largest absolute Gasteiger partial charge is 0.338 e. The van der Waals surface area contributed by atoms with Crippen LogP contribution in [0.4, 0.5) is 0 Å². The van der Waals surface area contributed by atoms with Crippen LogP contribution in [0, 0.1) is 5.92 Å². The SMILES string of the molecule is CCc1c(C(=O)N2CCC[C@H](CNC)C2)cnn1Cc1ccccc1. The normalized spacial score (nSPS) is 17.7. The lowest BCUT2D eigenvalue weighted by molar-refractivity contribution is 0.0673. The first-order valence-electron chi connectivity index (χ1n) is 9.25. The summed E-state index contributed by atoms with van der Waals surface area (Å²) in [6, 6.07) is 10.3. The fourth-order valence-corrected chi connectivity index (χ4v) is 3.73. The molecule has 0 bridgehead atoms. The van der Waals surface area contributed by atoms with Crippen molar-refractivity contribution in [2.75, 3.05) is 26.7 Å². The molecular weight excluding hydrogens is 312 g/mol. The summed E-state index contributed by atoms with van der Waals surface area (Å²) in [6.07, 6.45) is 4.84. The van der Waals surface area contributed by atoms with Gasteiger partial charge < -0.3 is 10.2 Å². The number of benzene rings is 1. The molecule has 1 aliphatic heterocycles. The van der Waals surface area contributed by atoms with Crippen molar-refractivity contribution >= 4 is 5.91 Å². The minimum Gasteiger partial charge on any atom is -0.338 e. The lowest BCUT2D eigenvalue weighted by Crippen LogP contribution is -2.42. The summed E-state index contributed by atoms with van der Waals surface area (Å²) in [4.78, 5) is 15.1. The van der Waals surface area contributed by atoms with Gasteiger partial charge in [0.2, 0.25) is 0 Å². The summed E-state index contributed by atoms with van der Waals surface area (Å²) in [5.41, 5.74) is 3.00. The maximum atomic E-state index is 13.0. The minimum atomic E-state index is 0.136. The highest BCUT2D eigenvalue weighted by molar-refractivity contribution is 5.95. The van der Waals surface area contributed by atoms with E-state index >= 15 is 0 Å². The topological polar surface area (TPSA) is 50.2 Å². The standard InChI is InChI=1S/C20H28N4O/c1-3-19-18(13-22-24(19)15-16-8-5-4-6-9-16)20(25)23-11-7-10-17(14-23)12-21-2/h4-6,8-9,13,17,21H,3,7,10-12,14-15H2,1-2H3/t17-/m1/s1. The molecule has 1 amide bonds. The van der Waals surface area contributed by atoms with Crippen LogP contribution < -0.4 is 5.32 Å². The molecule has 0 unspecified atom stereocenters. The number of hydrogen-bond acceptors (Lipinski definition) is 3. The van der Waals surface area contributed by atoms with E-state index in [9.17, 15) is 4.79 Å². The fourth-order valence-electron chi connectivity index (χ4n) is 3.73. The van der Waals surface area contributed by atoms with E-state index in [0.717, 1.165) is 43.7 Å². The van der Waals surface area contributed by atoms with Gasteiger partial charge in [-0.2, -0.15) is 5.10 Å². The van der Waals surface area contributed by atoms with Crippen molar-refractivity contribution in [3.63, 3.8) is 0 Å². The molecule has 1 saturated heterocycles. The van der Waals surface area contributed by atoms with Crippen molar-refractivity contribution in [1.82, 2.24) is 20.0 Å². The highest BCUT2D eigenvalue weighted by Gasteiger charge is 2.27. The van der Waals surface area contributed by atoms with Gasteiger partial charge in [-0.15, -0.1) is 0 Å². The van der Waals surface area contributed by atoms with Crippen LogP contribution in [0.25, 0.3) is 0 Å². The smallest absolute Gasteiger partial charge is 0.257 e. The summed E-state index contributed by atoms with van der Waals surface area (Å²) < 4.78 is 1.97. The Morgan fingerprint density at radius 3 is 2.84 bits per heavy atom. The Hall–Kier alpha value is -2.14. The number of nitrogens with one attached hydrogen (secondary N) is 1. The first-order valence-corrected chi connectivity index (χ1v) is 9.25. The average Bonchev–Trinajstić information content (AvgIpc) is 3.05. The minimum absolute atomic E-state index is 0.136. The molecule has 1 aliphatic rings. The number of carbonyl (C=O) groups is 1. The van der Waals surface area contributed by atoms with E-state index in [1.807, 2.05) is 34.8 Å². The third-order valence-electron chi connectivity index (χ3n) is 4.99. The van der Waals surface area contributed by atoms with Gasteiger partial charge in [-0.3, -0.25) is 9.48 Å². The van der Waals surface area contributed by atoms with Crippen LogP contribution in [0.1, 0.15) is 41.4 Å². The van der Waals surface area contributed by atoms with Gasteiger partial charge >= 0.3 is 0 Å². The number of amides is 1. The number of aromatic nitrogens is 2. The molecule has 0 aliphatic carbocycles. The molecule has 2 heterocycles. The van der Waals surface area contributed by atoms with E-state index in [4.69, 9.17) is 0 Å². The molecule has 0 saturated carbocycles. The van der Waals surface area contributed by atoms with Crippen molar-refractivity contribution in [1.29, 1.82) is 0 Å². The van der Waals surface area contributed by atoms with Crippen LogP contribution >= 0.6 is 0 Å². The summed E-state index contributed by atoms with van der Waals surface area (Å²) in [5.74, 6) is 0.684. The number of likely N-dealkylation sites (tertiary alicyclic amines) is 1. The van der Waals surface area contributed by atoms with Crippen LogP contribution in [-0.4, -0.2) is 47.3 Å². The Bertz CT molecular complexity index is 693. The first-order chi connectivity index (χ1) is 12.2. The predicted octanol–water partition coefficient (Wildman–Crippen LogP) is 2.57. The van der Waals surface area contributed by atoms with Crippen molar-refractivity contribution in [2.24, 2.45) is 5.92 Å². The summed E-state index contributed by atoms with van der Waals surface area (Å²) in [7, 11) is 1.98. The zero-order valence-corrected chi connectivity index (χ0v) is 15.2. The number of nitrogens with zero attached hydrogens (tertiary/aromatic N) is 3. The molecule has 1 fully saturated rings. The third kappa shape index (κ3) is 4.10. The van der Waals surface area contributed by atoms with E-state index in [1.54, 1.807) is 6.20 Å². The summed E-state index contributed by atoms with van der Waals surface area (Å²) in [5, 5.41) is 7.75. The molecule has 134 valence electrons. The fraction of sp³-hybridized carbons (Fsp3) is 0.500. The molecule has 0 radical (unpaired) electrons. The predicted molar refractivity (Wildman–Crippen MR) is 99.7 cm³/mol. The van der Waals surface area contributed by atoms with Crippen LogP contribution in [0.15, 0.2) is 36.5 Å². The zero-order valence-electron chi connectivity index (χ0n) is 15.2. The van der Waals surface area contributed by atoms with E-state index in [0.29, 0.717) is 12.5 Å². The third-order valence-corrected chi connectivity index (χ3v) is 4.99. The highest BCUT2D eigenvalue weighted by atomic mass is 16.2. The van der Waals surface area contributed by atoms with Crippen LogP contribution in [0.3, 0.4) is 0 Å².